The molecule has 2 atom stereocenters. The zero-order valence-electron chi connectivity index (χ0n) is 35.6. The second-order valence-electron chi connectivity index (χ2n) is 14.3. The van der Waals surface area contributed by atoms with Crippen molar-refractivity contribution in [1.82, 2.24) is 16.0 Å². The van der Waals surface area contributed by atoms with Crippen LogP contribution in [-0.2, 0) is 27.2 Å². The van der Waals surface area contributed by atoms with E-state index in [2.05, 4.69) is 16.0 Å². The fraction of sp³-hybridized carbons (Fsp3) is 0.378. The minimum absolute atomic E-state index is 0.0486. The van der Waals surface area contributed by atoms with E-state index < -0.39 is 12.1 Å². The third kappa shape index (κ3) is 10.3. The number of carbonyl (C=O) groups is 4. The maximum absolute atomic E-state index is 12.2. The van der Waals surface area contributed by atoms with Crippen LogP contribution in [0.25, 0.3) is 22.3 Å². The predicted molar refractivity (Wildman–Crippen MR) is 225 cm³/mol. The number of aliphatic carboxylic acids is 1. The number of aryl methyl sites for hydroxylation is 2. The van der Waals surface area contributed by atoms with Crippen molar-refractivity contribution in [3.05, 3.63) is 70.8 Å². The second kappa shape index (κ2) is 20.4. The Kier molecular flexibility index (Phi) is 15.1. The first-order valence-electron chi connectivity index (χ1n) is 19.6. The van der Waals surface area contributed by atoms with E-state index in [4.69, 9.17) is 38.3 Å². The van der Waals surface area contributed by atoms with Gasteiger partial charge in [-0.3, -0.25) is 14.4 Å². The number of aromatic hydroxyl groups is 1. The number of rotatable bonds is 13. The number of carboxylic acid groups (broad SMARTS) is 1. The third-order valence-electron chi connectivity index (χ3n) is 10.4. The Labute approximate surface area is 354 Å². The number of ether oxygens (including phenoxy) is 7. The number of fused-ring (bicyclic) bond motifs is 6. The highest BCUT2D eigenvalue weighted by atomic mass is 16.6. The van der Waals surface area contributed by atoms with Crippen molar-refractivity contribution in [1.29, 1.82) is 0 Å². The number of benzene rings is 4. The maximum Gasteiger partial charge on any atom is 0.412 e. The molecule has 0 saturated carbocycles. The van der Waals surface area contributed by atoms with Gasteiger partial charge in [0.1, 0.15) is 11.5 Å². The Hall–Kier alpha value is -6.84. The van der Waals surface area contributed by atoms with E-state index in [0.717, 1.165) is 44.5 Å². The van der Waals surface area contributed by atoms with Gasteiger partial charge in [-0.15, -0.1) is 0 Å². The lowest BCUT2D eigenvalue weighted by Gasteiger charge is -2.21. The van der Waals surface area contributed by atoms with Gasteiger partial charge in [0.15, 0.2) is 23.0 Å². The summed E-state index contributed by atoms with van der Waals surface area (Å²) in [5.74, 6) is 2.43. The third-order valence-corrected chi connectivity index (χ3v) is 10.4. The molecular weight excluding hydrogens is 791 g/mol. The fourth-order valence-corrected chi connectivity index (χ4v) is 7.86. The SMILES string of the molecule is COc1cc2c(c(OC)c1OC)-c1ccc(O)cc1[C@@H](NC(C)=O)CC2.COc1cc2c(c(OC)c1OC)-c1ccc(OC(=O)NCCCC(=O)O)cc1[C@@H](NC(C)=O)CC2. The Morgan fingerprint density at radius 3 is 1.56 bits per heavy atom. The first-order valence-corrected chi connectivity index (χ1v) is 19.6. The van der Waals surface area contributed by atoms with Gasteiger partial charge >= 0.3 is 12.1 Å². The zero-order chi connectivity index (χ0) is 44.4. The molecule has 0 fully saturated rings. The van der Waals surface area contributed by atoms with E-state index in [1.165, 1.54) is 21.0 Å². The van der Waals surface area contributed by atoms with Gasteiger partial charge in [0.2, 0.25) is 23.3 Å². The van der Waals surface area contributed by atoms with E-state index in [1.807, 2.05) is 24.3 Å². The van der Waals surface area contributed by atoms with Crippen molar-refractivity contribution >= 4 is 23.9 Å². The summed E-state index contributed by atoms with van der Waals surface area (Å²) in [7, 11) is 9.41. The van der Waals surface area contributed by atoms with Gasteiger partial charge < -0.3 is 59.3 Å². The highest BCUT2D eigenvalue weighted by molar-refractivity contribution is 5.85. The molecule has 2 aliphatic carbocycles. The fourth-order valence-electron chi connectivity index (χ4n) is 7.86. The lowest BCUT2D eigenvalue weighted by Crippen LogP contribution is -2.28. The lowest BCUT2D eigenvalue weighted by molar-refractivity contribution is -0.137. The molecular formula is C45H53N3O13. The molecule has 0 spiro atoms. The average Bonchev–Trinajstić information content (AvgIpc) is 3.47. The Balaban J connectivity index is 0.000000241. The summed E-state index contributed by atoms with van der Waals surface area (Å²) in [6, 6.07) is 13.7. The summed E-state index contributed by atoms with van der Waals surface area (Å²) in [6.07, 6.45) is 2.20. The molecule has 0 saturated heterocycles. The standard InChI is InChI=1S/C25H30N2O8.C20H23NO5/c1-14(28)27-19-10-7-15-12-20(32-2)23(33-3)24(34-4)22(15)17-9-8-16(13-18(17)19)35-25(31)26-11-5-6-21(29)30;1-11(22)21-16-8-5-12-9-17(24-2)19(25-3)20(26-4)18(12)14-7-6-13(23)10-15(14)16/h8-9,12-13,19H,5-7,10-11H2,1-4H3,(H,26,31)(H,27,28)(H,29,30);6-7,9-10,16,23H,5,8H2,1-4H3,(H,21,22)/t19-;16-/m00/s1. The largest absolute Gasteiger partial charge is 0.508 e. The van der Waals surface area contributed by atoms with Gasteiger partial charge in [0.05, 0.1) is 54.7 Å². The minimum Gasteiger partial charge on any atom is -0.508 e. The number of carbonyl (C=O) groups excluding carboxylic acids is 3. The molecule has 0 aromatic heterocycles. The van der Waals surface area contributed by atoms with Crippen LogP contribution in [-0.4, -0.2) is 83.3 Å². The summed E-state index contributed by atoms with van der Waals surface area (Å²) < 4.78 is 38.9. The van der Waals surface area contributed by atoms with E-state index in [0.29, 0.717) is 66.6 Å². The molecule has 326 valence electrons. The summed E-state index contributed by atoms with van der Waals surface area (Å²) in [6.45, 7) is 3.12. The van der Waals surface area contributed by atoms with Crippen LogP contribution in [0.1, 0.15) is 73.9 Å². The van der Waals surface area contributed by atoms with Crippen molar-refractivity contribution in [2.24, 2.45) is 0 Å². The molecule has 0 radical (unpaired) electrons. The van der Waals surface area contributed by atoms with E-state index >= 15 is 0 Å². The molecule has 16 heteroatoms. The quantitative estimate of drug-likeness (QED) is 0.0893. The summed E-state index contributed by atoms with van der Waals surface area (Å²) in [5.41, 5.74) is 7.05. The molecule has 0 heterocycles. The van der Waals surface area contributed by atoms with Crippen molar-refractivity contribution in [3.63, 3.8) is 0 Å². The van der Waals surface area contributed by atoms with Crippen molar-refractivity contribution in [3.8, 4) is 68.2 Å². The topological polar surface area (TPSA) is 209 Å². The first-order chi connectivity index (χ1) is 29.3. The molecule has 4 aromatic rings. The number of carboxylic acids is 1. The second-order valence-corrected chi connectivity index (χ2v) is 14.3. The minimum atomic E-state index is -0.931. The number of phenols is 1. The highest BCUT2D eigenvalue weighted by Gasteiger charge is 2.31. The van der Waals surface area contributed by atoms with Gasteiger partial charge in [-0.25, -0.2) is 4.79 Å². The van der Waals surface area contributed by atoms with Crippen LogP contribution in [0.15, 0.2) is 48.5 Å². The molecule has 0 aliphatic heterocycles. The van der Waals surface area contributed by atoms with E-state index in [-0.39, 0.29) is 48.4 Å². The summed E-state index contributed by atoms with van der Waals surface area (Å²) in [5, 5.41) is 27.2. The van der Waals surface area contributed by atoms with Crippen molar-refractivity contribution < 1.29 is 62.5 Å². The van der Waals surface area contributed by atoms with Crippen molar-refractivity contribution in [2.45, 2.75) is 64.5 Å². The average molecular weight is 844 g/mol. The number of methoxy groups -OCH3 is 6. The van der Waals surface area contributed by atoms with Crippen LogP contribution < -0.4 is 49.1 Å². The number of hydrogen-bond acceptors (Lipinski definition) is 12. The molecule has 0 bridgehead atoms. The van der Waals surface area contributed by atoms with Crippen LogP contribution in [0.2, 0.25) is 0 Å². The normalized spacial score (nSPS) is 14.6. The van der Waals surface area contributed by atoms with Crippen LogP contribution in [0, 0.1) is 0 Å². The van der Waals surface area contributed by atoms with Gasteiger partial charge in [0.25, 0.3) is 0 Å². The molecule has 16 nitrogen and oxygen atoms in total. The number of amides is 3. The molecule has 2 aliphatic rings. The maximum atomic E-state index is 12.2. The monoisotopic (exact) mass is 843 g/mol. The Morgan fingerprint density at radius 1 is 0.639 bits per heavy atom. The molecule has 3 amide bonds. The summed E-state index contributed by atoms with van der Waals surface area (Å²) >= 11 is 0. The molecule has 5 N–H and O–H groups in total. The molecule has 4 aromatic carbocycles. The van der Waals surface area contributed by atoms with Gasteiger partial charge in [-0.2, -0.15) is 0 Å². The van der Waals surface area contributed by atoms with Crippen molar-refractivity contribution in [2.75, 3.05) is 49.2 Å². The predicted octanol–water partition coefficient (Wildman–Crippen LogP) is 6.66. The van der Waals surface area contributed by atoms with Crippen LogP contribution in [0.5, 0.6) is 46.0 Å². The van der Waals surface area contributed by atoms with Crippen LogP contribution >= 0.6 is 0 Å². The van der Waals surface area contributed by atoms with E-state index in [1.54, 1.807) is 59.8 Å². The van der Waals surface area contributed by atoms with Crippen LogP contribution in [0.4, 0.5) is 4.79 Å². The lowest BCUT2D eigenvalue weighted by atomic mass is 9.93. The smallest absolute Gasteiger partial charge is 0.412 e. The van der Waals surface area contributed by atoms with Gasteiger partial charge in [-0.05, 0) is 102 Å². The first kappa shape index (κ1) is 45.2. The molecule has 6 rings (SSSR count). The molecule has 61 heavy (non-hydrogen) atoms. The highest BCUT2D eigenvalue weighted by Crippen LogP contribution is 2.52. The van der Waals surface area contributed by atoms with E-state index in [9.17, 15) is 24.3 Å². The zero-order valence-corrected chi connectivity index (χ0v) is 35.6. The number of nitrogens with one attached hydrogen (secondary N) is 3. The Morgan fingerprint density at radius 2 is 1.11 bits per heavy atom. The van der Waals surface area contributed by atoms with Gasteiger partial charge in [0, 0.05) is 37.9 Å². The summed E-state index contributed by atoms with van der Waals surface area (Å²) in [4.78, 5) is 46.5. The number of hydrogen-bond donors (Lipinski definition) is 5. The van der Waals surface area contributed by atoms with Gasteiger partial charge in [-0.1, -0.05) is 12.1 Å². The Bertz CT molecular complexity index is 2280. The van der Waals surface area contributed by atoms with Crippen LogP contribution in [0.3, 0.4) is 0 Å². The number of phenolic OH excluding ortho intramolecular Hbond substituents is 1. The molecule has 0 unspecified atom stereocenters.